The van der Waals surface area contributed by atoms with Crippen molar-refractivity contribution in [3.63, 3.8) is 0 Å². The Hall–Kier alpha value is -1.46. The first kappa shape index (κ1) is 10.7. The normalized spacial score (nSPS) is 13.8. The fraction of sp³-hybridized carbons (Fsp3) is 0.333. The standard InChI is InChI=1S/C12H14N4S/c1-7-5-6-10(17-7)12-14-9-4-2-3-8(9)11(15-12)16-13/h5-6H,2-4,13H2,1H3,(H,14,15,16). The summed E-state index contributed by atoms with van der Waals surface area (Å²) in [6.45, 7) is 2.09. The molecule has 88 valence electrons. The van der Waals surface area contributed by atoms with Crippen molar-refractivity contribution < 1.29 is 0 Å². The van der Waals surface area contributed by atoms with E-state index in [1.807, 2.05) is 0 Å². The molecule has 0 spiro atoms. The van der Waals surface area contributed by atoms with E-state index in [-0.39, 0.29) is 0 Å². The number of hydrogen-bond donors (Lipinski definition) is 2. The predicted octanol–water partition coefficient (Wildman–Crippen LogP) is 2.29. The molecule has 0 aromatic carbocycles. The van der Waals surface area contributed by atoms with E-state index in [0.29, 0.717) is 0 Å². The molecule has 0 saturated carbocycles. The Balaban J connectivity index is 2.12. The van der Waals surface area contributed by atoms with E-state index < -0.39 is 0 Å². The minimum atomic E-state index is 0.786. The van der Waals surface area contributed by atoms with Crippen LogP contribution in [0.3, 0.4) is 0 Å². The lowest BCUT2D eigenvalue weighted by atomic mass is 10.2. The van der Waals surface area contributed by atoms with E-state index in [1.165, 1.54) is 10.4 Å². The van der Waals surface area contributed by atoms with Gasteiger partial charge in [-0.3, -0.25) is 0 Å². The number of aromatic nitrogens is 2. The van der Waals surface area contributed by atoms with Gasteiger partial charge >= 0.3 is 0 Å². The van der Waals surface area contributed by atoms with Crippen molar-refractivity contribution in [1.29, 1.82) is 0 Å². The molecule has 0 aliphatic heterocycles. The van der Waals surface area contributed by atoms with Crippen molar-refractivity contribution in [2.24, 2.45) is 5.84 Å². The molecule has 0 radical (unpaired) electrons. The van der Waals surface area contributed by atoms with Crippen LogP contribution in [0, 0.1) is 6.92 Å². The van der Waals surface area contributed by atoms with Gasteiger partial charge in [0.15, 0.2) is 5.82 Å². The minimum Gasteiger partial charge on any atom is -0.308 e. The highest BCUT2D eigenvalue weighted by Gasteiger charge is 2.19. The summed E-state index contributed by atoms with van der Waals surface area (Å²) >= 11 is 1.71. The summed E-state index contributed by atoms with van der Waals surface area (Å²) in [5, 5.41) is 0. The van der Waals surface area contributed by atoms with Crippen LogP contribution >= 0.6 is 11.3 Å². The molecule has 0 saturated heterocycles. The molecule has 0 unspecified atom stereocenters. The number of nitrogens with one attached hydrogen (secondary N) is 1. The van der Waals surface area contributed by atoms with Crippen LogP contribution in [0.25, 0.3) is 10.7 Å². The first-order valence-electron chi connectivity index (χ1n) is 5.71. The summed E-state index contributed by atoms with van der Waals surface area (Å²) in [5.74, 6) is 7.11. The van der Waals surface area contributed by atoms with Crippen molar-refractivity contribution >= 4 is 17.2 Å². The van der Waals surface area contributed by atoms with Crippen LogP contribution in [-0.4, -0.2) is 9.97 Å². The second-order valence-corrected chi connectivity index (χ2v) is 5.52. The van der Waals surface area contributed by atoms with Crippen LogP contribution in [0.5, 0.6) is 0 Å². The highest BCUT2D eigenvalue weighted by molar-refractivity contribution is 7.15. The Labute approximate surface area is 104 Å². The molecule has 1 aliphatic rings. The van der Waals surface area contributed by atoms with E-state index in [2.05, 4.69) is 34.5 Å². The number of nitrogens with two attached hydrogens (primary N) is 1. The van der Waals surface area contributed by atoms with Crippen molar-refractivity contribution in [2.75, 3.05) is 5.43 Å². The maximum Gasteiger partial charge on any atom is 0.171 e. The van der Waals surface area contributed by atoms with Gasteiger partial charge in [-0.05, 0) is 38.3 Å². The second kappa shape index (κ2) is 4.09. The summed E-state index contributed by atoms with van der Waals surface area (Å²) in [7, 11) is 0. The molecule has 0 amide bonds. The number of hydrazine groups is 1. The molecule has 4 nitrogen and oxygen atoms in total. The van der Waals surface area contributed by atoms with E-state index in [0.717, 1.165) is 41.5 Å². The fourth-order valence-electron chi connectivity index (χ4n) is 2.22. The van der Waals surface area contributed by atoms with Crippen LogP contribution in [0.2, 0.25) is 0 Å². The molecule has 2 aromatic rings. The number of aryl methyl sites for hydroxylation is 2. The Morgan fingerprint density at radius 2 is 2.18 bits per heavy atom. The minimum absolute atomic E-state index is 0.786. The van der Waals surface area contributed by atoms with Gasteiger partial charge in [0.1, 0.15) is 5.82 Å². The second-order valence-electron chi connectivity index (χ2n) is 4.23. The van der Waals surface area contributed by atoms with Gasteiger partial charge in [0.25, 0.3) is 0 Å². The zero-order valence-corrected chi connectivity index (χ0v) is 10.5. The third-order valence-corrected chi connectivity index (χ3v) is 4.03. The van der Waals surface area contributed by atoms with Gasteiger partial charge in [0.2, 0.25) is 0 Å². The van der Waals surface area contributed by atoms with Crippen LogP contribution in [0.15, 0.2) is 12.1 Å². The fourth-order valence-corrected chi connectivity index (χ4v) is 3.02. The van der Waals surface area contributed by atoms with Gasteiger partial charge in [-0.15, -0.1) is 11.3 Å². The van der Waals surface area contributed by atoms with Gasteiger partial charge in [-0.2, -0.15) is 0 Å². The predicted molar refractivity (Wildman–Crippen MR) is 69.9 cm³/mol. The lowest BCUT2D eigenvalue weighted by Crippen LogP contribution is -2.12. The monoisotopic (exact) mass is 246 g/mol. The van der Waals surface area contributed by atoms with E-state index in [9.17, 15) is 0 Å². The third-order valence-electron chi connectivity index (χ3n) is 3.03. The van der Waals surface area contributed by atoms with Crippen molar-refractivity contribution in [3.8, 4) is 10.7 Å². The molecule has 2 heterocycles. The molecule has 1 aliphatic carbocycles. The van der Waals surface area contributed by atoms with Gasteiger partial charge in [0.05, 0.1) is 4.88 Å². The van der Waals surface area contributed by atoms with Crippen molar-refractivity contribution in [3.05, 3.63) is 28.3 Å². The van der Waals surface area contributed by atoms with Crippen LogP contribution < -0.4 is 11.3 Å². The van der Waals surface area contributed by atoms with Crippen molar-refractivity contribution in [2.45, 2.75) is 26.2 Å². The van der Waals surface area contributed by atoms with E-state index in [1.54, 1.807) is 11.3 Å². The Bertz CT molecular complexity index is 562. The molecule has 3 N–H and O–H groups in total. The highest BCUT2D eigenvalue weighted by atomic mass is 32.1. The molecule has 17 heavy (non-hydrogen) atoms. The largest absolute Gasteiger partial charge is 0.308 e. The van der Waals surface area contributed by atoms with Crippen LogP contribution in [-0.2, 0) is 12.8 Å². The summed E-state index contributed by atoms with van der Waals surface area (Å²) < 4.78 is 0. The first-order chi connectivity index (χ1) is 8.28. The van der Waals surface area contributed by atoms with Gasteiger partial charge < -0.3 is 5.43 Å². The lowest BCUT2D eigenvalue weighted by molar-refractivity contribution is 0.900. The molecule has 0 fully saturated rings. The van der Waals surface area contributed by atoms with Gasteiger partial charge in [-0.25, -0.2) is 15.8 Å². The smallest absolute Gasteiger partial charge is 0.171 e. The maximum absolute atomic E-state index is 5.54. The highest BCUT2D eigenvalue weighted by Crippen LogP contribution is 2.31. The Morgan fingerprint density at radius 3 is 2.88 bits per heavy atom. The number of thiophene rings is 1. The SMILES string of the molecule is Cc1ccc(-c2nc3c(c(NN)n2)CCC3)s1. The topological polar surface area (TPSA) is 63.8 Å². The van der Waals surface area contributed by atoms with Gasteiger partial charge in [-0.1, -0.05) is 0 Å². The Kier molecular flexibility index (Phi) is 2.57. The number of nitrogen functional groups attached to an aromatic ring is 1. The summed E-state index contributed by atoms with van der Waals surface area (Å²) in [5.41, 5.74) is 5.03. The molecule has 2 aromatic heterocycles. The summed E-state index contributed by atoms with van der Waals surface area (Å²) in [6.07, 6.45) is 3.20. The van der Waals surface area contributed by atoms with E-state index in [4.69, 9.17) is 5.84 Å². The lowest BCUT2D eigenvalue weighted by Gasteiger charge is -2.08. The van der Waals surface area contributed by atoms with Crippen LogP contribution in [0.4, 0.5) is 5.82 Å². The average Bonchev–Trinajstić information content (AvgIpc) is 2.95. The Morgan fingerprint density at radius 1 is 1.29 bits per heavy atom. The molecule has 0 bridgehead atoms. The summed E-state index contributed by atoms with van der Waals surface area (Å²) in [4.78, 5) is 11.5. The number of rotatable bonds is 2. The van der Waals surface area contributed by atoms with Crippen LogP contribution in [0.1, 0.15) is 22.6 Å². The first-order valence-corrected chi connectivity index (χ1v) is 6.53. The summed E-state index contributed by atoms with van der Waals surface area (Å²) in [6, 6.07) is 4.16. The number of fused-ring (bicyclic) bond motifs is 1. The molecule has 5 heteroatoms. The molecular weight excluding hydrogens is 232 g/mol. The quantitative estimate of drug-likeness (QED) is 0.630. The number of anilines is 1. The zero-order chi connectivity index (χ0) is 11.8. The molecule has 3 rings (SSSR count). The number of nitrogens with zero attached hydrogens (tertiary/aromatic N) is 2. The maximum atomic E-state index is 5.54. The average molecular weight is 246 g/mol. The van der Waals surface area contributed by atoms with E-state index >= 15 is 0 Å². The molecular formula is C12H14N4S. The zero-order valence-electron chi connectivity index (χ0n) is 9.66. The molecule has 0 atom stereocenters. The third kappa shape index (κ3) is 1.81. The number of hydrogen-bond acceptors (Lipinski definition) is 5. The van der Waals surface area contributed by atoms with Crippen molar-refractivity contribution in [1.82, 2.24) is 9.97 Å². The van der Waals surface area contributed by atoms with Gasteiger partial charge in [0, 0.05) is 16.1 Å².